The van der Waals surface area contributed by atoms with Gasteiger partial charge < -0.3 is 14.4 Å². The van der Waals surface area contributed by atoms with Crippen molar-refractivity contribution < 1.29 is 14.3 Å². The predicted octanol–water partition coefficient (Wildman–Crippen LogP) is 2.70. The molecule has 0 radical (unpaired) electrons. The topological polar surface area (TPSA) is 56.6 Å². The molecule has 6 heteroatoms. The highest BCUT2D eigenvalue weighted by Crippen LogP contribution is 2.21. The number of para-hydroxylation sites is 1. The zero-order valence-corrected chi connectivity index (χ0v) is 15.6. The molecule has 3 rings (SSSR count). The molecule has 6 nitrogen and oxygen atoms in total. The van der Waals surface area contributed by atoms with Gasteiger partial charge in [0, 0.05) is 26.8 Å². The number of piperidine rings is 1. The van der Waals surface area contributed by atoms with Crippen LogP contribution in [0, 0.1) is 12.8 Å². The number of ether oxygens (including phenoxy) is 2. The maximum absolute atomic E-state index is 12.9. The lowest BCUT2D eigenvalue weighted by Gasteiger charge is -2.31. The van der Waals surface area contributed by atoms with Crippen LogP contribution < -0.4 is 0 Å². The molecule has 0 N–H and O–H groups in total. The molecule has 1 aromatic heterocycles. The molecule has 0 spiro atoms. The zero-order chi connectivity index (χ0) is 18.4. The van der Waals surface area contributed by atoms with Gasteiger partial charge in [0.1, 0.15) is 0 Å². The van der Waals surface area contributed by atoms with Crippen LogP contribution in [0.4, 0.5) is 0 Å². The van der Waals surface area contributed by atoms with Crippen LogP contribution >= 0.6 is 0 Å². The van der Waals surface area contributed by atoms with Crippen LogP contribution in [-0.2, 0) is 9.47 Å². The number of hydrogen-bond acceptors (Lipinski definition) is 4. The first-order valence-corrected chi connectivity index (χ1v) is 9.16. The van der Waals surface area contributed by atoms with Gasteiger partial charge in [-0.15, -0.1) is 0 Å². The van der Waals surface area contributed by atoms with E-state index in [-0.39, 0.29) is 5.91 Å². The molecule has 1 aromatic carbocycles. The molecule has 0 aliphatic carbocycles. The van der Waals surface area contributed by atoms with Crippen LogP contribution in [0.25, 0.3) is 5.69 Å². The summed E-state index contributed by atoms with van der Waals surface area (Å²) in [6, 6.07) is 9.89. The number of methoxy groups -OCH3 is 1. The standard InChI is InChI=1S/C20H27N3O3/c1-16-19(14-21-23(16)18-6-4-3-5-7-18)20(24)22-10-8-17(9-11-22)15-26-13-12-25-2/h3-7,14,17H,8-13,15H2,1-2H3. The van der Waals surface area contributed by atoms with Gasteiger partial charge in [0.25, 0.3) is 5.91 Å². The first-order valence-electron chi connectivity index (χ1n) is 9.16. The van der Waals surface area contributed by atoms with Gasteiger partial charge in [-0.2, -0.15) is 5.10 Å². The van der Waals surface area contributed by atoms with Crippen molar-refractivity contribution in [2.75, 3.05) is 40.0 Å². The van der Waals surface area contributed by atoms with Crippen LogP contribution in [-0.4, -0.2) is 60.6 Å². The van der Waals surface area contributed by atoms with Crippen LogP contribution in [0.15, 0.2) is 36.5 Å². The van der Waals surface area contributed by atoms with Crippen molar-refractivity contribution in [1.82, 2.24) is 14.7 Å². The molecule has 0 unspecified atom stereocenters. The maximum atomic E-state index is 12.9. The van der Waals surface area contributed by atoms with E-state index in [1.807, 2.05) is 46.8 Å². The van der Waals surface area contributed by atoms with Crippen molar-refractivity contribution in [1.29, 1.82) is 0 Å². The second kappa shape index (κ2) is 8.96. The van der Waals surface area contributed by atoms with E-state index in [0.717, 1.165) is 43.9 Å². The summed E-state index contributed by atoms with van der Waals surface area (Å²) in [6.07, 6.45) is 3.64. The number of hydrogen-bond donors (Lipinski definition) is 0. The summed E-state index contributed by atoms with van der Waals surface area (Å²) in [4.78, 5) is 14.8. The number of nitrogens with zero attached hydrogens (tertiary/aromatic N) is 3. The third kappa shape index (κ3) is 4.31. The zero-order valence-electron chi connectivity index (χ0n) is 15.6. The minimum absolute atomic E-state index is 0.0726. The fourth-order valence-corrected chi connectivity index (χ4v) is 3.31. The monoisotopic (exact) mass is 357 g/mol. The SMILES string of the molecule is COCCOCC1CCN(C(=O)c2cnn(-c3ccccc3)c2C)CC1. The van der Waals surface area contributed by atoms with Crippen molar-refractivity contribution in [3.63, 3.8) is 0 Å². The molecule has 140 valence electrons. The summed E-state index contributed by atoms with van der Waals surface area (Å²) >= 11 is 0. The second-order valence-corrected chi connectivity index (χ2v) is 6.69. The molecule has 26 heavy (non-hydrogen) atoms. The van der Waals surface area contributed by atoms with E-state index in [1.54, 1.807) is 13.3 Å². The molecular formula is C20H27N3O3. The second-order valence-electron chi connectivity index (χ2n) is 6.69. The van der Waals surface area contributed by atoms with Crippen LogP contribution in [0.3, 0.4) is 0 Å². The van der Waals surface area contributed by atoms with Crippen molar-refractivity contribution in [2.45, 2.75) is 19.8 Å². The van der Waals surface area contributed by atoms with E-state index in [2.05, 4.69) is 5.10 Å². The van der Waals surface area contributed by atoms with Crippen molar-refractivity contribution in [3.05, 3.63) is 47.8 Å². The molecule has 0 saturated carbocycles. The van der Waals surface area contributed by atoms with Gasteiger partial charge in [0.2, 0.25) is 0 Å². The Morgan fingerprint density at radius 3 is 2.62 bits per heavy atom. The van der Waals surface area contributed by atoms with Gasteiger partial charge in [0.15, 0.2) is 0 Å². The predicted molar refractivity (Wildman–Crippen MR) is 99.6 cm³/mol. The molecule has 1 fully saturated rings. The Hall–Kier alpha value is -2.18. The Morgan fingerprint density at radius 1 is 1.19 bits per heavy atom. The van der Waals surface area contributed by atoms with E-state index in [9.17, 15) is 4.79 Å². The Kier molecular flexibility index (Phi) is 6.41. The highest BCUT2D eigenvalue weighted by atomic mass is 16.5. The molecular weight excluding hydrogens is 330 g/mol. The average Bonchev–Trinajstić information content (AvgIpc) is 3.07. The first kappa shape index (κ1) is 18.6. The maximum Gasteiger partial charge on any atom is 0.257 e. The Bertz CT molecular complexity index is 706. The molecule has 1 aliphatic rings. The summed E-state index contributed by atoms with van der Waals surface area (Å²) in [6.45, 7) is 5.50. The lowest BCUT2D eigenvalue weighted by molar-refractivity contribution is 0.0327. The quantitative estimate of drug-likeness (QED) is 0.715. The average molecular weight is 357 g/mol. The molecule has 1 aliphatic heterocycles. The summed E-state index contributed by atoms with van der Waals surface area (Å²) in [7, 11) is 1.68. The third-order valence-corrected chi connectivity index (χ3v) is 4.93. The summed E-state index contributed by atoms with van der Waals surface area (Å²) < 4.78 is 12.4. The van der Waals surface area contributed by atoms with Gasteiger partial charge >= 0.3 is 0 Å². The fourth-order valence-electron chi connectivity index (χ4n) is 3.31. The van der Waals surface area contributed by atoms with Crippen molar-refractivity contribution >= 4 is 5.91 Å². The van der Waals surface area contributed by atoms with Gasteiger partial charge in [-0.05, 0) is 37.8 Å². The van der Waals surface area contributed by atoms with Crippen LogP contribution in [0.2, 0.25) is 0 Å². The summed E-state index contributed by atoms with van der Waals surface area (Å²) in [5, 5.41) is 4.41. The van der Waals surface area contributed by atoms with E-state index in [0.29, 0.717) is 24.7 Å². The largest absolute Gasteiger partial charge is 0.382 e. The Balaban J connectivity index is 1.57. The first-order chi connectivity index (χ1) is 12.7. The highest BCUT2D eigenvalue weighted by Gasteiger charge is 2.26. The van der Waals surface area contributed by atoms with Crippen LogP contribution in [0.5, 0.6) is 0 Å². The molecule has 0 atom stereocenters. The Morgan fingerprint density at radius 2 is 1.92 bits per heavy atom. The molecule has 0 bridgehead atoms. The molecule has 1 amide bonds. The van der Waals surface area contributed by atoms with Gasteiger partial charge in [-0.25, -0.2) is 4.68 Å². The smallest absolute Gasteiger partial charge is 0.257 e. The van der Waals surface area contributed by atoms with Crippen LogP contribution in [0.1, 0.15) is 28.9 Å². The van der Waals surface area contributed by atoms with Gasteiger partial charge in [-0.3, -0.25) is 4.79 Å². The number of aromatic nitrogens is 2. The molecule has 2 heterocycles. The minimum Gasteiger partial charge on any atom is -0.382 e. The van der Waals surface area contributed by atoms with Gasteiger partial charge in [-0.1, -0.05) is 18.2 Å². The highest BCUT2D eigenvalue weighted by molar-refractivity contribution is 5.95. The van der Waals surface area contributed by atoms with Gasteiger partial charge in [0.05, 0.1) is 36.4 Å². The third-order valence-electron chi connectivity index (χ3n) is 4.93. The lowest BCUT2D eigenvalue weighted by Crippen LogP contribution is -2.39. The summed E-state index contributed by atoms with van der Waals surface area (Å²) in [5.41, 5.74) is 2.53. The van der Waals surface area contributed by atoms with Crippen molar-refractivity contribution in [2.24, 2.45) is 5.92 Å². The normalized spacial score (nSPS) is 15.4. The number of carbonyl (C=O) groups is 1. The lowest BCUT2D eigenvalue weighted by atomic mass is 9.97. The number of amides is 1. The number of carbonyl (C=O) groups excluding carboxylic acids is 1. The Labute approximate surface area is 154 Å². The minimum atomic E-state index is 0.0726. The van der Waals surface area contributed by atoms with E-state index < -0.39 is 0 Å². The molecule has 2 aromatic rings. The number of rotatable bonds is 7. The van der Waals surface area contributed by atoms with E-state index in [4.69, 9.17) is 9.47 Å². The molecule has 1 saturated heterocycles. The summed E-state index contributed by atoms with van der Waals surface area (Å²) in [5.74, 6) is 0.590. The van der Waals surface area contributed by atoms with E-state index in [1.165, 1.54) is 0 Å². The number of benzene rings is 1. The fraction of sp³-hybridized carbons (Fsp3) is 0.500. The van der Waals surface area contributed by atoms with Crippen molar-refractivity contribution in [3.8, 4) is 5.69 Å². The van der Waals surface area contributed by atoms with E-state index >= 15 is 0 Å². The number of likely N-dealkylation sites (tertiary alicyclic amines) is 1.